The van der Waals surface area contributed by atoms with Gasteiger partial charge in [0, 0.05) is 12.8 Å². The summed E-state index contributed by atoms with van der Waals surface area (Å²) in [5.41, 5.74) is 1.87. The second-order valence-corrected chi connectivity index (χ2v) is 7.90. The molecule has 1 heterocycles. The molecule has 1 unspecified atom stereocenters. The first kappa shape index (κ1) is 21.5. The first-order valence-corrected chi connectivity index (χ1v) is 10.7. The average Bonchev–Trinajstić information content (AvgIpc) is 3.29. The maximum atomic E-state index is 12.8. The Kier molecular flexibility index (Phi) is 7.51. The molecule has 0 aliphatic heterocycles. The number of amides is 2. The highest BCUT2D eigenvalue weighted by Gasteiger charge is 2.16. The molecule has 6 heteroatoms. The molecule has 2 aromatic carbocycles. The van der Waals surface area contributed by atoms with Crippen molar-refractivity contribution in [3.63, 3.8) is 0 Å². The van der Waals surface area contributed by atoms with Crippen LogP contribution in [0.25, 0.3) is 0 Å². The number of carbonyl (C=O) groups is 3. The van der Waals surface area contributed by atoms with Crippen LogP contribution in [0.3, 0.4) is 0 Å². The molecule has 154 valence electrons. The monoisotopic (exact) mass is 420 g/mol. The number of nitrogens with one attached hydrogen (secondary N) is 2. The minimum atomic E-state index is -0.255. The van der Waals surface area contributed by atoms with Crippen molar-refractivity contribution < 1.29 is 14.4 Å². The number of ketones is 1. The van der Waals surface area contributed by atoms with E-state index in [1.54, 1.807) is 30.3 Å². The van der Waals surface area contributed by atoms with Crippen molar-refractivity contribution in [2.75, 3.05) is 5.32 Å². The maximum absolute atomic E-state index is 12.8. The van der Waals surface area contributed by atoms with Gasteiger partial charge in [-0.3, -0.25) is 14.4 Å². The SMILES string of the molecule is CC(NC(=O)c1ccccc1NC(=O)CCCC(=O)c1cccs1)c1ccccc1. The van der Waals surface area contributed by atoms with Gasteiger partial charge < -0.3 is 10.6 Å². The molecular weight excluding hydrogens is 396 g/mol. The van der Waals surface area contributed by atoms with Crippen LogP contribution in [0.2, 0.25) is 0 Å². The van der Waals surface area contributed by atoms with Crippen molar-refractivity contribution in [3.05, 3.63) is 88.1 Å². The number of hydrogen-bond acceptors (Lipinski definition) is 4. The van der Waals surface area contributed by atoms with Gasteiger partial charge in [-0.05, 0) is 42.5 Å². The van der Waals surface area contributed by atoms with Crippen molar-refractivity contribution in [1.82, 2.24) is 5.32 Å². The summed E-state index contributed by atoms with van der Waals surface area (Å²) >= 11 is 1.41. The molecule has 5 nitrogen and oxygen atoms in total. The molecule has 0 fully saturated rings. The van der Waals surface area contributed by atoms with Crippen LogP contribution in [0.1, 0.15) is 57.8 Å². The normalized spacial score (nSPS) is 11.5. The predicted molar refractivity (Wildman–Crippen MR) is 120 cm³/mol. The summed E-state index contributed by atoms with van der Waals surface area (Å²) in [5.74, 6) is -0.423. The van der Waals surface area contributed by atoms with Crippen molar-refractivity contribution in [2.45, 2.75) is 32.2 Å². The van der Waals surface area contributed by atoms with Crippen LogP contribution in [-0.2, 0) is 4.79 Å². The highest BCUT2D eigenvalue weighted by molar-refractivity contribution is 7.12. The third-order valence-electron chi connectivity index (χ3n) is 4.70. The molecule has 0 spiro atoms. The van der Waals surface area contributed by atoms with Crippen LogP contribution in [0.4, 0.5) is 5.69 Å². The van der Waals surface area contributed by atoms with Gasteiger partial charge in [0.05, 0.1) is 22.2 Å². The lowest BCUT2D eigenvalue weighted by Crippen LogP contribution is -2.28. The fraction of sp³-hybridized carbons (Fsp3) is 0.208. The number of thiophene rings is 1. The number of hydrogen-bond donors (Lipinski definition) is 2. The van der Waals surface area contributed by atoms with E-state index in [1.165, 1.54) is 11.3 Å². The molecule has 2 N–H and O–H groups in total. The third-order valence-corrected chi connectivity index (χ3v) is 5.61. The van der Waals surface area contributed by atoms with E-state index >= 15 is 0 Å². The number of carbonyl (C=O) groups excluding carboxylic acids is 3. The van der Waals surface area contributed by atoms with E-state index in [0.717, 1.165) is 5.56 Å². The van der Waals surface area contributed by atoms with Gasteiger partial charge in [-0.1, -0.05) is 48.5 Å². The largest absolute Gasteiger partial charge is 0.345 e. The van der Waals surface area contributed by atoms with Gasteiger partial charge >= 0.3 is 0 Å². The summed E-state index contributed by atoms with van der Waals surface area (Å²) in [6, 6.07) is 20.1. The van der Waals surface area contributed by atoms with E-state index in [9.17, 15) is 14.4 Å². The number of para-hydroxylation sites is 1. The van der Waals surface area contributed by atoms with E-state index < -0.39 is 0 Å². The lowest BCUT2D eigenvalue weighted by molar-refractivity contribution is -0.116. The molecule has 1 aromatic heterocycles. The Morgan fingerprint density at radius 3 is 2.37 bits per heavy atom. The molecule has 3 rings (SSSR count). The fourth-order valence-electron chi connectivity index (χ4n) is 3.07. The zero-order valence-electron chi connectivity index (χ0n) is 16.8. The average molecular weight is 421 g/mol. The quantitative estimate of drug-likeness (QED) is 0.465. The minimum absolute atomic E-state index is 0.0486. The summed E-state index contributed by atoms with van der Waals surface area (Å²) in [5, 5.41) is 7.63. The van der Waals surface area contributed by atoms with E-state index in [4.69, 9.17) is 0 Å². The molecule has 0 radical (unpaired) electrons. The Morgan fingerprint density at radius 1 is 0.900 bits per heavy atom. The van der Waals surface area contributed by atoms with Crippen LogP contribution >= 0.6 is 11.3 Å². The van der Waals surface area contributed by atoms with Crippen LogP contribution in [-0.4, -0.2) is 17.6 Å². The Labute approximate surface area is 180 Å². The summed E-state index contributed by atoms with van der Waals surface area (Å²) in [7, 11) is 0. The standard InChI is InChI=1S/C24H24N2O3S/c1-17(18-9-3-2-4-10-18)25-24(29)19-11-5-6-12-20(19)26-23(28)15-7-13-21(27)22-14-8-16-30-22/h2-6,8-12,14,16-17H,7,13,15H2,1H3,(H,25,29)(H,26,28). The van der Waals surface area contributed by atoms with Gasteiger partial charge in [0.15, 0.2) is 5.78 Å². The number of anilines is 1. The van der Waals surface area contributed by atoms with Crippen molar-refractivity contribution in [2.24, 2.45) is 0 Å². The van der Waals surface area contributed by atoms with Gasteiger partial charge in [0.1, 0.15) is 0 Å². The van der Waals surface area contributed by atoms with Crippen LogP contribution in [0, 0.1) is 0 Å². The topological polar surface area (TPSA) is 75.3 Å². The summed E-state index contributed by atoms with van der Waals surface area (Å²) in [6.45, 7) is 1.92. The summed E-state index contributed by atoms with van der Waals surface area (Å²) < 4.78 is 0. The molecule has 0 aliphatic carbocycles. The lowest BCUT2D eigenvalue weighted by Gasteiger charge is -2.16. The molecule has 1 atom stereocenters. The molecule has 2 amide bonds. The van der Waals surface area contributed by atoms with Crippen molar-refractivity contribution >= 4 is 34.6 Å². The first-order chi connectivity index (χ1) is 14.5. The van der Waals surface area contributed by atoms with E-state index in [0.29, 0.717) is 29.0 Å². The zero-order chi connectivity index (χ0) is 21.3. The second-order valence-electron chi connectivity index (χ2n) is 6.95. The minimum Gasteiger partial charge on any atom is -0.345 e. The Balaban J connectivity index is 1.55. The van der Waals surface area contributed by atoms with Crippen LogP contribution in [0.5, 0.6) is 0 Å². The first-order valence-electron chi connectivity index (χ1n) is 9.86. The van der Waals surface area contributed by atoms with Crippen molar-refractivity contribution in [3.8, 4) is 0 Å². The van der Waals surface area contributed by atoms with Crippen LogP contribution in [0.15, 0.2) is 72.1 Å². The predicted octanol–water partition coefficient (Wildman–Crippen LogP) is 5.23. The smallest absolute Gasteiger partial charge is 0.253 e. The third kappa shape index (κ3) is 5.87. The molecule has 0 saturated carbocycles. The van der Waals surface area contributed by atoms with Gasteiger partial charge in [0.2, 0.25) is 5.91 Å². The number of rotatable bonds is 9. The lowest BCUT2D eigenvalue weighted by atomic mass is 10.1. The molecule has 0 aliphatic rings. The van der Waals surface area contributed by atoms with Gasteiger partial charge in [-0.25, -0.2) is 0 Å². The number of benzene rings is 2. The Hall–Kier alpha value is -3.25. The van der Waals surface area contributed by atoms with Gasteiger partial charge in [-0.2, -0.15) is 0 Å². The zero-order valence-corrected chi connectivity index (χ0v) is 17.6. The van der Waals surface area contributed by atoms with E-state index in [2.05, 4.69) is 10.6 Å². The molecule has 0 bridgehead atoms. The van der Waals surface area contributed by atoms with Gasteiger partial charge in [0.25, 0.3) is 5.91 Å². The summed E-state index contributed by atoms with van der Waals surface area (Å²) in [4.78, 5) is 37.9. The van der Waals surface area contributed by atoms with Crippen molar-refractivity contribution in [1.29, 1.82) is 0 Å². The second kappa shape index (κ2) is 10.5. The maximum Gasteiger partial charge on any atom is 0.253 e. The fourth-order valence-corrected chi connectivity index (χ4v) is 3.77. The molecular formula is C24H24N2O3S. The van der Waals surface area contributed by atoms with E-state index in [-0.39, 0.29) is 30.1 Å². The highest BCUT2D eigenvalue weighted by atomic mass is 32.1. The Bertz CT molecular complexity index is 1000. The molecule has 3 aromatic rings. The van der Waals surface area contributed by atoms with Crippen LogP contribution < -0.4 is 10.6 Å². The summed E-state index contributed by atoms with van der Waals surface area (Å²) in [6.07, 6.45) is 1.00. The molecule has 30 heavy (non-hydrogen) atoms. The number of Topliss-reactive ketones (excluding diaryl/α,β-unsaturated/α-hetero) is 1. The van der Waals surface area contributed by atoms with E-state index in [1.807, 2.05) is 48.7 Å². The molecule has 0 saturated heterocycles. The Morgan fingerprint density at radius 2 is 1.63 bits per heavy atom. The van der Waals surface area contributed by atoms with Gasteiger partial charge in [-0.15, -0.1) is 11.3 Å². The highest BCUT2D eigenvalue weighted by Crippen LogP contribution is 2.19.